The Balaban J connectivity index is 1.79. The van der Waals surface area contributed by atoms with Gasteiger partial charge in [-0.05, 0) is 67.6 Å². The number of carbonyl (C=O) groups is 4. The molecule has 4 atom stereocenters. The molecule has 0 fully saturated rings. The number of benzene rings is 2. The van der Waals surface area contributed by atoms with Crippen molar-refractivity contribution in [2.75, 3.05) is 6.54 Å². The van der Waals surface area contributed by atoms with Crippen molar-refractivity contribution in [3.05, 3.63) is 77.9 Å². The average molecular weight is 610 g/mol. The maximum atomic E-state index is 13.6. The lowest BCUT2D eigenvalue weighted by Crippen LogP contribution is -2.58. The van der Waals surface area contributed by atoms with Crippen molar-refractivity contribution in [1.82, 2.24) is 25.9 Å². The van der Waals surface area contributed by atoms with Crippen LogP contribution in [0.25, 0.3) is 0 Å². The summed E-state index contributed by atoms with van der Waals surface area (Å²) in [4.78, 5) is 58.8. The lowest BCUT2D eigenvalue weighted by atomic mass is 10.0. The second kappa shape index (κ2) is 16.6. The van der Waals surface area contributed by atoms with Crippen LogP contribution in [0.1, 0.15) is 36.1 Å². The summed E-state index contributed by atoms with van der Waals surface area (Å²) in [6.07, 6.45) is 4.21. The first kappa shape index (κ1) is 33.6. The number of aromatic nitrogens is 2. The number of phenolic OH excluding ortho intramolecular Hbond substituents is 2. The summed E-state index contributed by atoms with van der Waals surface area (Å²) >= 11 is 0. The van der Waals surface area contributed by atoms with Crippen LogP contribution < -0.4 is 27.4 Å². The SMILES string of the molecule is NCCCCC(NC(=O)C(Cc1ccc(O)cc1)NC(=O)C(Cc1cnc[nH]1)NC(=O)C(N)Cc1ccc(O)cc1)C(=O)O. The van der Waals surface area contributed by atoms with E-state index in [-0.39, 0.29) is 37.2 Å². The van der Waals surface area contributed by atoms with Gasteiger partial charge in [0.15, 0.2) is 0 Å². The van der Waals surface area contributed by atoms with Gasteiger partial charge in [-0.2, -0.15) is 0 Å². The second-order valence-corrected chi connectivity index (χ2v) is 10.4. The third-order valence-electron chi connectivity index (χ3n) is 6.91. The summed E-state index contributed by atoms with van der Waals surface area (Å²) in [5.41, 5.74) is 13.5. The number of aromatic amines is 1. The molecule has 14 nitrogen and oxygen atoms in total. The van der Waals surface area contributed by atoms with Crippen LogP contribution in [0.3, 0.4) is 0 Å². The number of nitrogens with two attached hydrogens (primary N) is 2. The van der Waals surface area contributed by atoms with E-state index in [1.807, 2.05) is 0 Å². The summed E-state index contributed by atoms with van der Waals surface area (Å²) in [5, 5.41) is 36.7. The summed E-state index contributed by atoms with van der Waals surface area (Å²) in [6, 6.07) is 7.57. The monoisotopic (exact) mass is 609 g/mol. The number of hydrogen-bond donors (Lipinski definition) is 9. The third kappa shape index (κ3) is 10.7. The number of carboxylic acids is 1. The van der Waals surface area contributed by atoms with E-state index < -0.39 is 47.9 Å². The molecule has 0 aliphatic carbocycles. The second-order valence-electron chi connectivity index (χ2n) is 10.4. The Kier molecular flexibility index (Phi) is 12.7. The third-order valence-corrected chi connectivity index (χ3v) is 6.91. The maximum Gasteiger partial charge on any atom is 0.326 e. The Hall–Kier alpha value is -4.95. The zero-order chi connectivity index (χ0) is 32.1. The van der Waals surface area contributed by atoms with Crippen molar-refractivity contribution in [2.24, 2.45) is 11.5 Å². The van der Waals surface area contributed by atoms with E-state index in [2.05, 4.69) is 25.9 Å². The minimum atomic E-state index is -1.23. The summed E-state index contributed by atoms with van der Waals surface area (Å²) in [5.74, 6) is -3.21. The molecular formula is C30H39N7O7. The number of aliphatic carboxylic acids is 1. The molecule has 44 heavy (non-hydrogen) atoms. The highest BCUT2D eigenvalue weighted by molar-refractivity contribution is 5.94. The largest absolute Gasteiger partial charge is 0.508 e. The molecule has 0 aliphatic heterocycles. The van der Waals surface area contributed by atoms with E-state index in [9.17, 15) is 34.5 Å². The number of nitrogens with zero attached hydrogens (tertiary/aromatic N) is 1. The van der Waals surface area contributed by atoms with Crippen LogP contribution in [0.4, 0.5) is 0 Å². The Morgan fingerprint density at radius 2 is 1.27 bits per heavy atom. The molecule has 0 radical (unpaired) electrons. The molecule has 1 aromatic heterocycles. The normalized spacial score (nSPS) is 13.7. The summed E-state index contributed by atoms with van der Waals surface area (Å²) in [7, 11) is 0. The number of hydrogen-bond acceptors (Lipinski definition) is 9. The topological polar surface area (TPSA) is 246 Å². The lowest BCUT2D eigenvalue weighted by molar-refractivity contribution is -0.142. The average Bonchev–Trinajstić information content (AvgIpc) is 3.51. The molecule has 0 saturated heterocycles. The molecule has 2 aromatic carbocycles. The Bertz CT molecular complexity index is 1370. The molecule has 0 aliphatic rings. The molecule has 0 spiro atoms. The fourth-order valence-corrected chi connectivity index (χ4v) is 4.45. The van der Waals surface area contributed by atoms with E-state index in [0.29, 0.717) is 36.2 Å². The van der Waals surface area contributed by atoms with E-state index in [0.717, 1.165) is 0 Å². The molecule has 14 heteroatoms. The highest BCUT2D eigenvalue weighted by Gasteiger charge is 2.31. The fourth-order valence-electron chi connectivity index (χ4n) is 4.45. The van der Waals surface area contributed by atoms with E-state index >= 15 is 0 Å². The highest BCUT2D eigenvalue weighted by Crippen LogP contribution is 2.14. The van der Waals surface area contributed by atoms with Gasteiger partial charge in [0.05, 0.1) is 12.4 Å². The molecule has 3 aromatic rings. The first-order valence-corrected chi connectivity index (χ1v) is 14.2. The standard InChI is InChI=1S/C30H39N7O7/c31-12-2-1-3-24(30(43)44)35-28(41)25(14-19-6-10-22(39)11-7-19)37-29(42)26(15-20-16-33-17-34-20)36-27(40)23(32)13-18-4-8-21(38)9-5-18/h4-11,16-17,23-26,38-39H,1-3,12-15,31-32H2,(H,33,34)(H,35,41)(H,36,40)(H,37,42)(H,43,44). The van der Waals surface area contributed by atoms with Crippen molar-refractivity contribution in [1.29, 1.82) is 0 Å². The van der Waals surface area contributed by atoms with Crippen LogP contribution in [0, 0.1) is 0 Å². The Labute approximate surface area is 254 Å². The quantitative estimate of drug-likeness (QED) is 0.0915. The van der Waals surface area contributed by atoms with Crippen LogP contribution in [-0.2, 0) is 38.4 Å². The van der Waals surface area contributed by atoms with E-state index in [4.69, 9.17) is 11.5 Å². The van der Waals surface area contributed by atoms with Gasteiger partial charge in [-0.15, -0.1) is 0 Å². The molecule has 236 valence electrons. The highest BCUT2D eigenvalue weighted by atomic mass is 16.4. The number of nitrogens with one attached hydrogen (secondary N) is 4. The number of carboxylic acid groups (broad SMARTS) is 1. The molecule has 4 unspecified atom stereocenters. The first-order chi connectivity index (χ1) is 21.0. The molecule has 1 heterocycles. The van der Waals surface area contributed by atoms with E-state index in [1.54, 1.807) is 24.3 Å². The number of unbranched alkanes of at least 4 members (excludes halogenated alkanes) is 1. The van der Waals surface area contributed by atoms with Crippen molar-refractivity contribution >= 4 is 23.7 Å². The number of rotatable bonds is 17. The van der Waals surface area contributed by atoms with Gasteiger partial charge < -0.3 is 47.7 Å². The van der Waals surface area contributed by atoms with Crippen molar-refractivity contribution in [3.8, 4) is 11.5 Å². The Morgan fingerprint density at radius 1 is 0.750 bits per heavy atom. The number of phenols is 2. The molecule has 11 N–H and O–H groups in total. The van der Waals surface area contributed by atoms with Crippen LogP contribution in [0.15, 0.2) is 61.1 Å². The number of aromatic hydroxyl groups is 2. The van der Waals surface area contributed by atoms with Gasteiger partial charge >= 0.3 is 5.97 Å². The molecule has 0 saturated carbocycles. The van der Waals surface area contributed by atoms with Gasteiger partial charge in [0, 0.05) is 24.7 Å². The fraction of sp³-hybridized carbons (Fsp3) is 0.367. The van der Waals surface area contributed by atoms with Crippen LogP contribution in [-0.4, -0.2) is 79.7 Å². The predicted octanol–water partition coefficient (Wildman–Crippen LogP) is -0.156. The number of H-pyrrole nitrogens is 1. The Morgan fingerprint density at radius 3 is 1.80 bits per heavy atom. The number of imidazole rings is 1. The van der Waals surface area contributed by atoms with Gasteiger partial charge in [0.1, 0.15) is 29.6 Å². The minimum Gasteiger partial charge on any atom is -0.508 e. The summed E-state index contributed by atoms with van der Waals surface area (Å²) in [6.45, 7) is 0.377. The van der Waals surface area contributed by atoms with Crippen molar-refractivity contribution in [3.63, 3.8) is 0 Å². The van der Waals surface area contributed by atoms with E-state index in [1.165, 1.54) is 36.8 Å². The van der Waals surface area contributed by atoms with Gasteiger partial charge in [0.25, 0.3) is 0 Å². The molecule has 3 amide bonds. The van der Waals surface area contributed by atoms with Crippen LogP contribution in [0.5, 0.6) is 11.5 Å². The summed E-state index contributed by atoms with van der Waals surface area (Å²) < 4.78 is 0. The maximum absolute atomic E-state index is 13.6. The van der Waals surface area contributed by atoms with Gasteiger partial charge in [-0.3, -0.25) is 14.4 Å². The lowest BCUT2D eigenvalue weighted by Gasteiger charge is -2.25. The first-order valence-electron chi connectivity index (χ1n) is 14.2. The number of amides is 3. The van der Waals surface area contributed by atoms with Gasteiger partial charge in [-0.1, -0.05) is 24.3 Å². The van der Waals surface area contributed by atoms with Crippen molar-refractivity contribution < 1.29 is 34.5 Å². The smallest absolute Gasteiger partial charge is 0.326 e. The predicted molar refractivity (Wildman–Crippen MR) is 160 cm³/mol. The molecular weight excluding hydrogens is 570 g/mol. The molecule has 3 rings (SSSR count). The zero-order valence-corrected chi connectivity index (χ0v) is 24.1. The minimum absolute atomic E-state index is 0.00606. The van der Waals surface area contributed by atoms with Crippen molar-refractivity contribution in [2.45, 2.75) is 62.7 Å². The van der Waals surface area contributed by atoms with Gasteiger partial charge in [0.2, 0.25) is 17.7 Å². The van der Waals surface area contributed by atoms with Crippen LogP contribution >= 0.6 is 0 Å². The van der Waals surface area contributed by atoms with Gasteiger partial charge in [-0.25, -0.2) is 9.78 Å². The zero-order valence-electron chi connectivity index (χ0n) is 24.1. The number of carbonyl (C=O) groups excluding carboxylic acids is 3. The molecule has 0 bridgehead atoms. The van der Waals surface area contributed by atoms with Crippen LogP contribution in [0.2, 0.25) is 0 Å².